The van der Waals surface area contributed by atoms with E-state index in [4.69, 9.17) is 18.6 Å². The molecule has 0 aromatic carbocycles. The maximum absolute atomic E-state index is 13.4. The molecule has 3 atom stereocenters. The third-order valence-corrected chi connectivity index (χ3v) is 4.63. The second-order valence-electron chi connectivity index (χ2n) is 7.84. The Bertz CT molecular complexity index is 780. The van der Waals surface area contributed by atoms with Crippen molar-refractivity contribution in [2.45, 2.75) is 64.3 Å². The summed E-state index contributed by atoms with van der Waals surface area (Å²) in [6.07, 6.45) is 0.672. The Balaban J connectivity index is 2.31. The minimum absolute atomic E-state index is 0.102. The third kappa shape index (κ3) is 7.18. The zero-order chi connectivity index (χ0) is 23.2. The summed E-state index contributed by atoms with van der Waals surface area (Å²) < 4.78 is 21.7. The molecule has 0 unspecified atom stereocenters. The molecule has 1 aliphatic heterocycles. The number of hydrogen-bond donors (Lipinski definition) is 2. The number of rotatable bonds is 7. The fraction of sp³-hybridized carbons (Fsp3) is 0.684. The van der Waals surface area contributed by atoms with E-state index in [1.165, 1.54) is 18.3 Å². The van der Waals surface area contributed by atoms with Gasteiger partial charge in [0.05, 0.1) is 13.3 Å². The molecule has 2 heterocycles. The lowest BCUT2D eigenvalue weighted by Gasteiger charge is -2.36. The first-order valence-corrected chi connectivity index (χ1v) is 10.7. The van der Waals surface area contributed by atoms with Crippen molar-refractivity contribution in [3.05, 3.63) is 16.8 Å². The molecule has 1 aliphatic rings. The molecule has 0 radical (unpaired) electrons. The SMILES string of the molecule is CCO[C@@H](c1ncc(Br)o1)[C@H](NC(=O)OC(C)(C)C)C(=O)N1CCC[C@@H](C(=O)OC)N1. The van der Waals surface area contributed by atoms with Crippen LogP contribution in [0.4, 0.5) is 4.79 Å². The molecule has 0 saturated carbocycles. The van der Waals surface area contributed by atoms with Crippen LogP contribution in [0.15, 0.2) is 15.3 Å². The van der Waals surface area contributed by atoms with Gasteiger partial charge in [-0.3, -0.25) is 14.6 Å². The van der Waals surface area contributed by atoms with Gasteiger partial charge in [-0.25, -0.2) is 15.2 Å². The largest absolute Gasteiger partial charge is 0.468 e. The molecule has 1 aromatic heterocycles. The van der Waals surface area contributed by atoms with Crippen molar-refractivity contribution >= 4 is 33.9 Å². The van der Waals surface area contributed by atoms with E-state index in [1.807, 2.05) is 0 Å². The van der Waals surface area contributed by atoms with E-state index in [-0.39, 0.29) is 12.5 Å². The van der Waals surface area contributed by atoms with Crippen LogP contribution in [0, 0.1) is 0 Å². The van der Waals surface area contributed by atoms with E-state index >= 15 is 0 Å². The maximum Gasteiger partial charge on any atom is 0.408 e. The number of hydrazine groups is 1. The number of carbonyl (C=O) groups excluding carboxylic acids is 3. The molecule has 11 nitrogen and oxygen atoms in total. The number of nitrogens with one attached hydrogen (secondary N) is 2. The van der Waals surface area contributed by atoms with Gasteiger partial charge in [-0.15, -0.1) is 0 Å². The third-order valence-electron chi connectivity index (χ3n) is 4.26. The number of halogens is 1. The molecule has 31 heavy (non-hydrogen) atoms. The molecule has 0 bridgehead atoms. The monoisotopic (exact) mass is 504 g/mol. The lowest BCUT2D eigenvalue weighted by molar-refractivity contribution is -0.152. The van der Waals surface area contributed by atoms with Gasteiger partial charge in [0.25, 0.3) is 5.91 Å². The number of alkyl carbamates (subject to hydrolysis) is 1. The molecular weight excluding hydrogens is 476 g/mol. The molecular formula is C19H29BrN4O7. The molecule has 2 N–H and O–H groups in total. The van der Waals surface area contributed by atoms with Crippen molar-refractivity contribution in [3.63, 3.8) is 0 Å². The number of nitrogens with zero attached hydrogens (tertiary/aromatic N) is 2. The van der Waals surface area contributed by atoms with E-state index in [2.05, 4.69) is 31.7 Å². The zero-order valence-corrected chi connectivity index (χ0v) is 19.9. The van der Waals surface area contributed by atoms with Gasteiger partial charge >= 0.3 is 12.1 Å². The summed E-state index contributed by atoms with van der Waals surface area (Å²) in [5.74, 6) is -0.913. The van der Waals surface area contributed by atoms with E-state index in [0.717, 1.165) is 0 Å². The molecule has 2 rings (SSSR count). The normalized spacial score (nSPS) is 18.8. The highest BCUT2D eigenvalue weighted by molar-refractivity contribution is 9.10. The van der Waals surface area contributed by atoms with Crippen LogP contribution in [0.2, 0.25) is 0 Å². The molecule has 0 aliphatic carbocycles. The fourth-order valence-electron chi connectivity index (χ4n) is 3.01. The average Bonchev–Trinajstić information content (AvgIpc) is 3.14. The first-order chi connectivity index (χ1) is 14.6. The Kier molecular flexibility index (Phi) is 8.83. The van der Waals surface area contributed by atoms with Crippen LogP contribution in [0.25, 0.3) is 0 Å². The summed E-state index contributed by atoms with van der Waals surface area (Å²) in [5, 5.41) is 3.85. The van der Waals surface area contributed by atoms with Crippen LogP contribution in [0.1, 0.15) is 52.5 Å². The van der Waals surface area contributed by atoms with Crippen molar-refractivity contribution in [2.75, 3.05) is 20.3 Å². The molecule has 174 valence electrons. The van der Waals surface area contributed by atoms with Crippen molar-refractivity contribution in [2.24, 2.45) is 0 Å². The number of esters is 1. The molecule has 1 aromatic rings. The van der Waals surface area contributed by atoms with Crippen LogP contribution in [-0.4, -0.2) is 65.9 Å². The van der Waals surface area contributed by atoms with Gasteiger partial charge in [0.2, 0.25) is 5.89 Å². The summed E-state index contributed by atoms with van der Waals surface area (Å²) in [5.41, 5.74) is 2.09. The number of oxazole rings is 1. The van der Waals surface area contributed by atoms with E-state index in [1.54, 1.807) is 27.7 Å². The van der Waals surface area contributed by atoms with Crippen LogP contribution >= 0.6 is 15.9 Å². The number of methoxy groups -OCH3 is 1. The number of hydrogen-bond acceptors (Lipinski definition) is 9. The van der Waals surface area contributed by atoms with Gasteiger partial charge in [0, 0.05) is 13.2 Å². The molecule has 0 spiro atoms. The highest BCUT2D eigenvalue weighted by Gasteiger charge is 2.40. The lowest BCUT2D eigenvalue weighted by atomic mass is 10.1. The van der Waals surface area contributed by atoms with Crippen LogP contribution in [0.5, 0.6) is 0 Å². The first-order valence-electron chi connectivity index (χ1n) is 9.93. The standard InChI is InChI=1S/C19H29BrN4O7/c1-6-29-14(15-21-10-12(20)30-15)13(22-18(27)31-19(2,3)4)16(25)24-9-7-8-11(23-24)17(26)28-5/h10-11,13-14,23H,6-9H2,1-5H3,(H,22,27)/t11-,13-,14+/m0/s1. The van der Waals surface area contributed by atoms with Gasteiger partial charge in [-0.1, -0.05) is 0 Å². The predicted molar refractivity (Wildman–Crippen MR) is 112 cm³/mol. The number of aromatic nitrogens is 1. The second-order valence-corrected chi connectivity index (χ2v) is 8.62. The quantitative estimate of drug-likeness (QED) is 0.535. The summed E-state index contributed by atoms with van der Waals surface area (Å²) in [6.45, 7) is 7.42. The van der Waals surface area contributed by atoms with Crippen LogP contribution in [-0.2, 0) is 23.8 Å². The average molecular weight is 505 g/mol. The highest BCUT2D eigenvalue weighted by Crippen LogP contribution is 2.26. The van der Waals surface area contributed by atoms with Crippen LogP contribution in [0.3, 0.4) is 0 Å². The predicted octanol–water partition coefficient (Wildman–Crippen LogP) is 2.08. The first kappa shape index (κ1) is 25.1. The number of ether oxygens (including phenoxy) is 3. The number of carbonyl (C=O) groups is 3. The summed E-state index contributed by atoms with van der Waals surface area (Å²) in [4.78, 5) is 42.0. The fourth-order valence-corrected chi connectivity index (χ4v) is 3.28. The van der Waals surface area contributed by atoms with Gasteiger partial charge < -0.3 is 23.9 Å². The Labute approximate surface area is 189 Å². The molecule has 1 fully saturated rings. The summed E-state index contributed by atoms with van der Waals surface area (Å²) in [7, 11) is 1.28. The van der Waals surface area contributed by atoms with Crippen molar-refractivity contribution in [3.8, 4) is 0 Å². The lowest BCUT2D eigenvalue weighted by Crippen LogP contribution is -2.61. The van der Waals surface area contributed by atoms with Gasteiger partial charge in [-0.2, -0.15) is 0 Å². The minimum Gasteiger partial charge on any atom is -0.468 e. The maximum atomic E-state index is 13.4. The molecule has 12 heteroatoms. The van der Waals surface area contributed by atoms with E-state index in [0.29, 0.717) is 24.1 Å². The Morgan fingerprint density at radius 1 is 1.42 bits per heavy atom. The molecule has 2 amide bonds. The summed E-state index contributed by atoms with van der Waals surface area (Å²) in [6, 6.07) is -1.91. The van der Waals surface area contributed by atoms with E-state index < -0.39 is 41.8 Å². The van der Waals surface area contributed by atoms with Crippen LogP contribution < -0.4 is 10.7 Å². The van der Waals surface area contributed by atoms with Gasteiger partial charge in [0.1, 0.15) is 17.7 Å². The second kappa shape index (κ2) is 10.9. The highest BCUT2D eigenvalue weighted by atomic mass is 79.9. The Morgan fingerprint density at radius 2 is 2.13 bits per heavy atom. The number of amides is 2. The van der Waals surface area contributed by atoms with E-state index in [9.17, 15) is 14.4 Å². The molecule has 1 saturated heterocycles. The Morgan fingerprint density at radius 3 is 2.68 bits per heavy atom. The smallest absolute Gasteiger partial charge is 0.408 e. The Hall–Kier alpha value is -2.18. The topological polar surface area (TPSA) is 132 Å². The summed E-state index contributed by atoms with van der Waals surface area (Å²) >= 11 is 3.18. The van der Waals surface area contributed by atoms with Gasteiger partial charge in [-0.05, 0) is 56.5 Å². The minimum atomic E-state index is -1.23. The van der Waals surface area contributed by atoms with Crippen molar-refractivity contribution in [1.29, 1.82) is 0 Å². The zero-order valence-electron chi connectivity index (χ0n) is 18.3. The van der Waals surface area contributed by atoms with Gasteiger partial charge in [0.15, 0.2) is 10.8 Å². The van der Waals surface area contributed by atoms with Crippen molar-refractivity contribution < 1.29 is 33.0 Å². The van der Waals surface area contributed by atoms with Crippen molar-refractivity contribution in [1.82, 2.24) is 20.7 Å².